The summed E-state index contributed by atoms with van der Waals surface area (Å²) >= 11 is 0. The lowest BCUT2D eigenvalue weighted by Crippen LogP contribution is -2.35. The van der Waals surface area contributed by atoms with Gasteiger partial charge in [-0.2, -0.15) is 4.31 Å². The molecule has 2 aliphatic rings. The molecule has 0 radical (unpaired) electrons. The molecule has 1 saturated heterocycles. The lowest BCUT2D eigenvalue weighted by atomic mass is 10.1. The number of amides is 1. The smallest absolute Gasteiger partial charge is 0.243 e. The lowest BCUT2D eigenvalue weighted by molar-refractivity contribution is -0.131. The zero-order valence-electron chi connectivity index (χ0n) is 17.0. The fourth-order valence-corrected chi connectivity index (χ4v) is 5.44. The Bertz CT molecular complexity index is 997. The van der Waals surface area contributed by atoms with Gasteiger partial charge in [0.15, 0.2) is 0 Å². The van der Waals surface area contributed by atoms with Crippen LogP contribution in [0, 0.1) is 5.82 Å². The third-order valence-electron chi connectivity index (χ3n) is 5.84. The maximum atomic E-state index is 14.0. The van der Waals surface area contributed by atoms with E-state index in [1.54, 1.807) is 51.7 Å². The molecular weight excluding hydrogens is 403 g/mol. The molecule has 1 saturated carbocycles. The predicted octanol–water partition coefficient (Wildman–Crippen LogP) is 3.73. The van der Waals surface area contributed by atoms with E-state index in [-0.39, 0.29) is 35.6 Å². The minimum Gasteiger partial charge on any atom is -0.335 e. The molecule has 1 aliphatic carbocycles. The first-order valence-electron chi connectivity index (χ1n) is 10.6. The number of halogens is 1. The molecule has 0 spiro atoms. The number of nitrogens with zero attached hydrogens (tertiary/aromatic N) is 2. The van der Waals surface area contributed by atoms with E-state index in [0.29, 0.717) is 18.7 Å². The SMILES string of the molecule is O=C(Cc1ccc(S(=O)(=O)N2CCCCC2)cc1)N(Cc1ccccc1F)C1CC1. The van der Waals surface area contributed by atoms with Crippen LogP contribution in [0.3, 0.4) is 0 Å². The van der Waals surface area contributed by atoms with Crippen LogP contribution >= 0.6 is 0 Å². The maximum absolute atomic E-state index is 14.0. The molecule has 1 aliphatic heterocycles. The molecule has 160 valence electrons. The number of rotatable bonds is 7. The number of piperidine rings is 1. The molecule has 0 atom stereocenters. The fraction of sp³-hybridized carbons (Fsp3) is 0.435. The average molecular weight is 431 g/mol. The monoisotopic (exact) mass is 430 g/mol. The summed E-state index contributed by atoms with van der Waals surface area (Å²) in [5.74, 6) is -0.365. The van der Waals surface area contributed by atoms with Crippen molar-refractivity contribution in [3.8, 4) is 0 Å². The summed E-state index contributed by atoms with van der Waals surface area (Å²) in [6.45, 7) is 1.39. The predicted molar refractivity (Wildman–Crippen MR) is 113 cm³/mol. The standard InChI is InChI=1S/C23H27FN2O3S/c24-22-7-3-2-6-19(22)17-26(20-10-11-20)23(27)16-18-8-12-21(13-9-18)30(28,29)25-14-4-1-5-15-25/h2-3,6-9,12-13,20H,1,4-5,10-11,14-17H2. The Morgan fingerprint density at radius 3 is 2.30 bits per heavy atom. The minimum absolute atomic E-state index is 0.0626. The summed E-state index contributed by atoms with van der Waals surface area (Å²) in [7, 11) is -3.48. The van der Waals surface area contributed by atoms with Crippen molar-refractivity contribution >= 4 is 15.9 Å². The second-order valence-electron chi connectivity index (χ2n) is 8.13. The van der Waals surface area contributed by atoms with Crippen LogP contribution in [-0.2, 0) is 27.8 Å². The van der Waals surface area contributed by atoms with Crippen molar-refractivity contribution in [2.24, 2.45) is 0 Å². The summed E-state index contributed by atoms with van der Waals surface area (Å²) < 4.78 is 41.1. The molecule has 1 heterocycles. The number of benzene rings is 2. The lowest BCUT2D eigenvalue weighted by Gasteiger charge is -2.26. The number of carbonyl (C=O) groups excluding carboxylic acids is 1. The third kappa shape index (κ3) is 4.73. The third-order valence-corrected chi connectivity index (χ3v) is 7.75. The Morgan fingerprint density at radius 2 is 1.67 bits per heavy atom. The zero-order valence-corrected chi connectivity index (χ0v) is 17.8. The van der Waals surface area contributed by atoms with E-state index >= 15 is 0 Å². The van der Waals surface area contributed by atoms with Gasteiger partial charge >= 0.3 is 0 Å². The molecule has 2 aromatic rings. The fourth-order valence-electron chi connectivity index (χ4n) is 3.93. The van der Waals surface area contributed by atoms with Crippen molar-refractivity contribution in [1.29, 1.82) is 0 Å². The number of hydrogen-bond donors (Lipinski definition) is 0. The van der Waals surface area contributed by atoms with Crippen molar-refractivity contribution < 1.29 is 17.6 Å². The quantitative estimate of drug-likeness (QED) is 0.673. The van der Waals surface area contributed by atoms with Gasteiger partial charge in [0.05, 0.1) is 11.3 Å². The molecule has 30 heavy (non-hydrogen) atoms. The normalized spacial score (nSPS) is 17.6. The second kappa shape index (κ2) is 8.86. The molecule has 1 amide bonds. The van der Waals surface area contributed by atoms with Crippen LogP contribution in [0.1, 0.15) is 43.2 Å². The summed E-state index contributed by atoms with van der Waals surface area (Å²) in [4.78, 5) is 14.9. The molecule has 7 heteroatoms. The Kier molecular flexibility index (Phi) is 6.20. The van der Waals surface area contributed by atoms with E-state index in [2.05, 4.69) is 0 Å². The van der Waals surface area contributed by atoms with E-state index in [0.717, 1.165) is 37.7 Å². The highest BCUT2D eigenvalue weighted by Gasteiger charge is 2.33. The first-order valence-corrected chi connectivity index (χ1v) is 12.0. The van der Waals surface area contributed by atoms with Gasteiger partial charge < -0.3 is 4.90 Å². The van der Waals surface area contributed by atoms with Crippen LogP contribution in [0.4, 0.5) is 4.39 Å². The van der Waals surface area contributed by atoms with Crippen molar-refractivity contribution in [1.82, 2.24) is 9.21 Å². The average Bonchev–Trinajstić information content (AvgIpc) is 3.59. The van der Waals surface area contributed by atoms with Gasteiger partial charge in [-0.15, -0.1) is 0 Å². The molecular formula is C23H27FN2O3S. The van der Waals surface area contributed by atoms with Gasteiger partial charge in [0.1, 0.15) is 5.82 Å². The van der Waals surface area contributed by atoms with E-state index in [4.69, 9.17) is 0 Å². The van der Waals surface area contributed by atoms with Crippen LogP contribution in [-0.4, -0.2) is 42.7 Å². The van der Waals surface area contributed by atoms with Gasteiger partial charge in [0, 0.05) is 31.2 Å². The van der Waals surface area contributed by atoms with Crippen molar-refractivity contribution in [3.63, 3.8) is 0 Å². The summed E-state index contributed by atoms with van der Waals surface area (Å²) in [6.07, 6.45) is 4.91. The van der Waals surface area contributed by atoms with Crippen LogP contribution < -0.4 is 0 Å². The Hall–Kier alpha value is -2.25. The topological polar surface area (TPSA) is 57.7 Å². The summed E-state index contributed by atoms with van der Waals surface area (Å²) in [6, 6.07) is 13.3. The first kappa shape index (κ1) is 21.0. The summed E-state index contributed by atoms with van der Waals surface area (Å²) in [5, 5.41) is 0. The maximum Gasteiger partial charge on any atom is 0.243 e. The molecule has 0 unspecified atom stereocenters. The molecule has 4 rings (SSSR count). The van der Waals surface area contributed by atoms with Gasteiger partial charge in [-0.25, -0.2) is 12.8 Å². The van der Waals surface area contributed by atoms with Crippen LogP contribution in [0.5, 0.6) is 0 Å². The van der Waals surface area contributed by atoms with Gasteiger partial charge in [-0.05, 0) is 49.4 Å². The summed E-state index contributed by atoms with van der Waals surface area (Å²) in [5.41, 5.74) is 1.28. The van der Waals surface area contributed by atoms with Crippen LogP contribution in [0.2, 0.25) is 0 Å². The number of hydrogen-bond acceptors (Lipinski definition) is 3. The van der Waals surface area contributed by atoms with E-state index in [1.165, 1.54) is 6.07 Å². The highest BCUT2D eigenvalue weighted by molar-refractivity contribution is 7.89. The van der Waals surface area contributed by atoms with Crippen LogP contribution in [0.15, 0.2) is 53.4 Å². The van der Waals surface area contributed by atoms with Crippen LogP contribution in [0.25, 0.3) is 0 Å². The van der Waals surface area contributed by atoms with E-state index in [9.17, 15) is 17.6 Å². The highest BCUT2D eigenvalue weighted by Crippen LogP contribution is 2.30. The van der Waals surface area contributed by atoms with Crippen molar-refractivity contribution in [2.45, 2.75) is 56.0 Å². The van der Waals surface area contributed by atoms with Gasteiger partial charge in [-0.3, -0.25) is 4.79 Å². The minimum atomic E-state index is -3.48. The van der Waals surface area contributed by atoms with E-state index < -0.39 is 10.0 Å². The Balaban J connectivity index is 1.44. The van der Waals surface area contributed by atoms with Gasteiger partial charge in [-0.1, -0.05) is 36.8 Å². The van der Waals surface area contributed by atoms with Gasteiger partial charge in [0.25, 0.3) is 0 Å². The Morgan fingerprint density at radius 1 is 1.00 bits per heavy atom. The molecule has 0 N–H and O–H groups in total. The van der Waals surface area contributed by atoms with Gasteiger partial charge in [0.2, 0.25) is 15.9 Å². The van der Waals surface area contributed by atoms with Crippen molar-refractivity contribution in [2.75, 3.05) is 13.1 Å². The van der Waals surface area contributed by atoms with E-state index in [1.807, 2.05) is 0 Å². The molecule has 2 aromatic carbocycles. The molecule has 0 aromatic heterocycles. The zero-order chi connectivity index (χ0) is 21.1. The molecule has 5 nitrogen and oxygen atoms in total. The molecule has 0 bridgehead atoms. The number of carbonyl (C=O) groups is 1. The molecule has 2 fully saturated rings. The largest absolute Gasteiger partial charge is 0.335 e. The van der Waals surface area contributed by atoms with Crippen molar-refractivity contribution in [3.05, 3.63) is 65.5 Å². The second-order valence-corrected chi connectivity index (χ2v) is 10.1. The highest BCUT2D eigenvalue weighted by atomic mass is 32.2. The Labute approximate surface area is 177 Å². The number of sulfonamides is 1. The first-order chi connectivity index (χ1) is 14.4.